The van der Waals surface area contributed by atoms with Gasteiger partial charge in [-0.05, 0) is 49.9 Å². The molecule has 0 saturated heterocycles. The van der Waals surface area contributed by atoms with Crippen molar-refractivity contribution in [1.29, 1.82) is 0 Å². The minimum Gasteiger partial charge on any atom is -0.467 e. The van der Waals surface area contributed by atoms with Gasteiger partial charge < -0.3 is 24.8 Å². The van der Waals surface area contributed by atoms with Crippen molar-refractivity contribution in [3.8, 4) is 0 Å². The van der Waals surface area contributed by atoms with Crippen molar-refractivity contribution in [2.75, 3.05) is 7.11 Å². The van der Waals surface area contributed by atoms with Crippen LogP contribution in [0.25, 0.3) is 0 Å². The van der Waals surface area contributed by atoms with Crippen molar-refractivity contribution < 1.29 is 33.4 Å². The molecule has 0 aliphatic rings. The van der Waals surface area contributed by atoms with Crippen LogP contribution in [0.15, 0.2) is 54.6 Å². The molecule has 37 heavy (non-hydrogen) atoms. The predicted molar refractivity (Wildman–Crippen MR) is 138 cm³/mol. The van der Waals surface area contributed by atoms with E-state index in [9.17, 15) is 19.2 Å². The van der Waals surface area contributed by atoms with Gasteiger partial charge in [-0.2, -0.15) is 0 Å². The van der Waals surface area contributed by atoms with Crippen LogP contribution < -0.4 is 10.6 Å². The maximum Gasteiger partial charge on any atom is 0.408 e. The zero-order valence-electron chi connectivity index (χ0n) is 22.2. The maximum atomic E-state index is 13.0. The third-order valence-electron chi connectivity index (χ3n) is 5.27. The van der Waals surface area contributed by atoms with E-state index in [1.54, 1.807) is 58.9 Å². The molecule has 9 nitrogen and oxygen atoms in total. The summed E-state index contributed by atoms with van der Waals surface area (Å²) < 4.78 is 15.5. The summed E-state index contributed by atoms with van der Waals surface area (Å²) in [6.45, 7) is 8.94. The summed E-state index contributed by atoms with van der Waals surface area (Å²) in [6.07, 6.45) is -0.624. The van der Waals surface area contributed by atoms with Gasteiger partial charge >= 0.3 is 18.0 Å². The van der Waals surface area contributed by atoms with Crippen LogP contribution >= 0.6 is 0 Å². The quantitative estimate of drug-likeness (QED) is 0.367. The standard InChI is InChI=1S/C28H36N2O7/c1-18(2)23(30-27(34)36-17-20-10-8-7-9-11-20)24(31)29-22(26(33)35-6)16-19-12-14-21(15-13-19)25(32)37-28(3,4)5/h7-15,18,22-23H,16-17H2,1-6H3,(H,29,31)(H,30,34)/t22-,23-/m1/s1. The summed E-state index contributed by atoms with van der Waals surface area (Å²) in [7, 11) is 1.23. The Labute approximate surface area is 217 Å². The fourth-order valence-corrected chi connectivity index (χ4v) is 3.37. The topological polar surface area (TPSA) is 120 Å². The molecule has 0 aromatic heterocycles. The zero-order chi connectivity index (χ0) is 27.6. The summed E-state index contributed by atoms with van der Waals surface area (Å²) in [4.78, 5) is 50.1. The number of methoxy groups -OCH3 is 1. The van der Waals surface area contributed by atoms with E-state index < -0.39 is 41.6 Å². The van der Waals surface area contributed by atoms with Gasteiger partial charge in [-0.25, -0.2) is 14.4 Å². The van der Waals surface area contributed by atoms with Crippen molar-refractivity contribution >= 4 is 23.9 Å². The van der Waals surface area contributed by atoms with Gasteiger partial charge in [0.05, 0.1) is 12.7 Å². The normalized spacial score (nSPS) is 12.7. The van der Waals surface area contributed by atoms with Crippen molar-refractivity contribution in [2.45, 2.75) is 65.3 Å². The molecule has 2 rings (SSSR count). The number of esters is 2. The second kappa shape index (κ2) is 13.4. The van der Waals surface area contributed by atoms with Crippen LogP contribution in [0, 0.1) is 5.92 Å². The second-order valence-corrected chi connectivity index (χ2v) is 9.92. The van der Waals surface area contributed by atoms with Crippen LogP contribution in [-0.2, 0) is 36.8 Å². The number of hydrogen-bond donors (Lipinski definition) is 2. The van der Waals surface area contributed by atoms with E-state index in [1.807, 2.05) is 30.3 Å². The summed E-state index contributed by atoms with van der Waals surface area (Å²) in [5.74, 6) is -1.93. The molecule has 9 heteroatoms. The minimum absolute atomic E-state index is 0.0587. The Morgan fingerprint density at radius 2 is 1.49 bits per heavy atom. The largest absolute Gasteiger partial charge is 0.467 e. The maximum absolute atomic E-state index is 13.0. The molecule has 2 aromatic carbocycles. The van der Waals surface area contributed by atoms with Crippen LogP contribution in [0.1, 0.15) is 56.1 Å². The smallest absolute Gasteiger partial charge is 0.408 e. The highest BCUT2D eigenvalue weighted by atomic mass is 16.6. The molecule has 0 heterocycles. The van der Waals surface area contributed by atoms with Gasteiger partial charge in [0.1, 0.15) is 24.3 Å². The molecule has 200 valence electrons. The SMILES string of the molecule is COC(=O)[C@@H](Cc1ccc(C(=O)OC(C)(C)C)cc1)NC(=O)[C@H](NC(=O)OCc1ccccc1)C(C)C. The third-order valence-corrected chi connectivity index (χ3v) is 5.27. The molecule has 0 aliphatic carbocycles. The van der Waals surface area contributed by atoms with E-state index in [2.05, 4.69) is 10.6 Å². The average Bonchev–Trinajstić information content (AvgIpc) is 2.84. The molecule has 0 radical (unpaired) electrons. The Balaban J connectivity index is 2.04. The minimum atomic E-state index is -1.01. The monoisotopic (exact) mass is 512 g/mol. The van der Waals surface area contributed by atoms with Crippen molar-refractivity contribution in [2.24, 2.45) is 5.92 Å². The first kappa shape index (κ1) is 29.4. The third kappa shape index (κ3) is 9.95. The van der Waals surface area contributed by atoms with E-state index in [4.69, 9.17) is 14.2 Å². The number of benzene rings is 2. The molecule has 2 atom stereocenters. The van der Waals surface area contributed by atoms with Gasteiger partial charge in [0.15, 0.2) is 0 Å². The van der Waals surface area contributed by atoms with Crippen LogP contribution in [0.2, 0.25) is 0 Å². The van der Waals surface area contributed by atoms with Gasteiger partial charge in [0, 0.05) is 6.42 Å². The molecule has 0 saturated carbocycles. The molecular formula is C28H36N2O7. The number of carbonyl (C=O) groups is 4. The summed E-state index contributed by atoms with van der Waals surface area (Å²) in [5, 5.41) is 5.24. The lowest BCUT2D eigenvalue weighted by Gasteiger charge is -2.24. The van der Waals surface area contributed by atoms with Crippen LogP contribution in [0.5, 0.6) is 0 Å². The summed E-state index contributed by atoms with van der Waals surface area (Å²) in [6, 6.07) is 13.8. The number of alkyl carbamates (subject to hydrolysis) is 1. The lowest BCUT2D eigenvalue weighted by Crippen LogP contribution is -2.54. The number of nitrogens with one attached hydrogen (secondary N) is 2. The van der Waals surface area contributed by atoms with Crippen LogP contribution in [-0.4, -0.2) is 48.7 Å². The molecule has 0 bridgehead atoms. The highest BCUT2D eigenvalue weighted by Gasteiger charge is 2.30. The van der Waals surface area contributed by atoms with Gasteiger partial charge in [-0.1, -0.05) is 56.3 Å². The van der Waals surface area contributed by atoms with Crippen LogP contribution in [0.4, 0.5) is 4.79 Å². The fraction of sp³-hybridized carbons (Fsp3) is 0.429. The highest BCUT2D eigenvalue weighted by molar-refractivity contribution is 5.90. The van der Waals surface area contributed by atoms with Crippen LogP contribution in [0.3, 0.4) is 0 Å². The first-order chi connectivity index (χ1) is 17.4. The van der Waals surface area contributed by atoms with Gasteiger partial charge in [-0.3, -0.25) is 4.79 Å². The van der Waals surface area contributed by atoms with Crippen molar-refractivity contribution in [3.63, 3.8) is 0 Å². The van der Waals surface area contributed by atoms with E-state index in [-0.39, 0.29) is 18.9 Å². The highest BCUT2D eigenvalue weighted by Crippen LogP contribution is 2.14. The lowest BCUT2D eigenvalue weighted by atomic mass is 10.0. The van der Waals surface area contributed by atoms with E-state index in [0.29, 0.717) is 11.1 Å². The molecule has 0 aliphatic heterocycles. The first-order valence-electron chi connectivity index (χ1n) is 12.1. The second-order valence-electron chi connectivity index (χ2n) is 9.92. The molecular weight excluding hydrogens is 476 g/mol. The molecule has 2 amide bonds. The first-order valence-corrected chi connectivity index (χ1v) is 12.1. The van der Waals surface area contributed by atoms with E-state index in [1.165, 1.54) is 7.11 Å². The van der Waals surface area contributed by atoms with Crippen molar-refractivity contribution in [3.05, 3.63) is 71.3 Å². The Kier molecular flexibility index (Phi) is 10.7. The summed E-state index contributed by atoms with van der Waals surface area (Å²) in [5.41, 5.74) is 1.26. The molecule has 0 spiro atoms. The Morgan fingerprint density at radius 3 is 2.03 bits per heavy atom. The van der Waals surface area contributed by atoms with Gasteiger partial charge in [-0.15, -0.1) is 0 Å². The Hall–Kier alpha value is -3.88. The Bertz CT molecular complexity index is 1060. The van der Waals surface area contributed by atoms with E-state index >= 15 is 0 Å². The number of amides is 2. The zero-order valence-corrected chi connectivity index (χ0v) is 22.2. The van der Waals surface area contributed by atoms with E-state index in [0.717, 1.165) is 5.56 Å². The Morgan fingerprint density at radius 1 is 0.865 bits per heavy atom. The van der Waals surface area contributed by atoms with Crippen molar-refractivity contribution in [1.82, 2.24) is 10.6 Å². The number of rotatable bonds is 10. The number of carbonyl (C=O) groups excluding carboxylic acids is 4. The molecule has 0 fully saturated rings. The average molecular weight is 513 g/mol. The number of hydrogen-bond acceptors (Lipinski definition) is 7. The summed E-state index contributed by atoms with van der Waals surface area (Å²) >= 11 is 0. The number of ether oxygens (including phenoxy) is 3. The fourth-order valence-electron chi connectivity index (χ4n) is 3.37. The molecule has 2 N–H and O–H groups in total. The molecule has 2 aromatic rings. The van der Waals surface area contributed by atoms with Gasteiger partial charge in [0.25, 0.3) is 0 Å². The molecule has 0 unspecified atom stereocenters. The predicted octanol–water partition coefficient (Wildman–Crippen LogP) is 3.79. The van der Waals surface area contributed by atoms with Gasteiger partial charge in [0.2, 0.25) is 5.91 Å². The lowest BCUT2D eigenvalue weighted by molar-refractivity contribution is -0.145.